The van der Waals surface area contributed by atoms with Crippen LogP contribution in [-0.4, -0.2) is 51.4 Å². The minimum Gasteiger partial charge on any atom is -0.495 e. The highest BCUT2D eigenvalue weighted by molar-refractivity contribution is 7.92. The molecule has 4 aromatic carbocycles. The van der Waals surface area contributed by atoms with E-state index in [0.717, 1.165) is 21.0 Å². The molecule has 2 amide bonds. The van der Waals surface area contributed by atoms with Gasteiger partial charge in [-0.2, -0.15) is 0 Å². The van der Waals surface area contributed by atoms with Crippen LogP contribution in [-0.2, 0) is 32.6 Å². The lowest BCUT2D eigenvalue weighted by molar-refractivity contribution is -0.140. The molecule has 0 fully saturated rings. The maximum atomic E-state index is 14.4. The maximum Gasteiger partial charge on any atom is 0.264 e. The Balaban J connectivity index is 1.82. The number of rotatable bonds is 13. The smallest absolute Gasteiger partial charge is 0.264 e. The molecule has 8 nitrogen and oxygen atoms in total. The summed E-state index contributed by atoms with van der Waals surface area (Å²) in [4.78, 5) is 29.5. The van der Waals surface area contributed by atoms with E-state index in [9.17, 15) is 18.0 Å². The van der Waals surface area contributed by atoms with Crippen LogP contribution in [0.2, 0.25) is 0 Å². The second-order valence-corrected chi connectivity index (χ2v) is 12.0. The summed E-state index contributed by atoms with van der Waals surface area (Å²) in [5, 5.41) is 2.87. The molecule has 4 rings (SSSR count). The van der Waals surface area contributed by atoms with E-state index in [1.54, 1.807) is 42.5 Å². The number of hydrogen-bond donors (Lipinski definition) is 1. The van der Waals surface area contributed by atoms with Crippen molar-refractivity contribution in [2.45, 2.75) is 37.8 Å². The summed E-state index contributed by atoms with van der Waals surface area (Å²) in [6.45, 7) is 3.72. The molecule has 1 atom stereocenters. The number of nitrogens with zero attached hydrogens (tertiary/aromatic N) is 2. The van der Waals surface area contributed by atoms with Gasteiger partial charge in [0.05, 0.1) is 17.7 Å². The van der Waals surface area contributed by atoms with E-state index >= 15 is 0 Å². The van der Waals surface area contributed by atoms with Crippen LogP contribution in [0.3, 0.4) is 0 Å². The van der Waals surface area contributed by atoms with Crippen molar-refractivity contribution >= 4 is 27.5 Å². The number of benzene rings is 4. The van der Waals surface area contributed by atoms with E-state index in [-0.39, 0.29) is 29.5 Å². The van der Waals surface area contributed by atoms with Gasteiger partial charge < -0.3 is 15.0 Å². The van der Waals surface area contributed by atoms with Crippen molar-refractivity contribution < 1.29 is 22.7 Å². The first-order valence-corrected chi connectivity index (χ1v) is 15.6. The van der Waals surface area contributed by atoms with Gasteiger partial charge in [0.25, 0.3) is 10.0 Å². The van der Waals surface area contributed by atoms with Gasteiger partial charge in [0.1, 0.15) is 18.3 Å². The number of carbonyl (C=O) groups excluding carboxylic acids is 2. The Kier molecular flexibility index (Phi) is 10.6. The number of likely N-dealkylation sites (N-methyl/N-ethyl adjacent to an activating group) is 1. The Hall–Kier alpha value is -4.63. The van der Waals surface area contributed by atoms with Crippen LogP contribution in [0.5, 0.6) is 5.75 Å². The van der Waals surface area contributed by atoms with Gasteiger partial charge >= 0.3 is 0 Å². The molecule has 0 aromatic heterocycles. The molecule has 0 aliphatic heterocycles. The van der Waals surface area contributed by atoms with Crippen LogP contribution >= 0.6 is 0 Å². The number of anilines is 1. The number of hydrogen-bond acceptors (Lipinski definition) is 5. The zero-order valence-electron chi connectivity index (χ0n) is 24.6. The van der Waals surface area contributed by atoms with Gasteiger partial charge in [-0.1, -0.05) is 90.5 Å². The summed E-state index contributed by atoms with van der Waals surface area (Å²) < 4.78 is 34.7. The monoisotopic (exact) mass is 599 g/mol. The highest BCUT2D eigenvalue weighted by Crippen LogP contribution is 2.32. The SMILES string of the molecule is CCNC(=O)[C@@H](Cc1ccccc1)N(Cc1cccc(C)c1)C(=O)CN(c1ccccc1OC)S(=O)(=O)c1ccccc1. The molecule has 0 aliphatic carbocycles. The van der Waals surface area contributed by atoms with Gasteiger partial charge in [-0.3, -0.25) is 13.9 Å². The first kappa shape index (κ1) is 31.3. The topological polar surface area (TPSA) is 96.0 Å². The number of amides is 2. The highest BCUT2D eigenvalue weighted by atomic mass is 32.2. The molecular formula is C34H37N3O5S. The number of carbonyl (C=O) groups is 2. The third-order valence-corrected chi connectivity index (χ3v) is 8.80. The summed E-state index contributed by atoms with van der Waals surface area (Å²) in [6, 6.07) is 30.9. The molecule has 1 N–H and O–H groups in total. The standard InChI is InChI=1S/C34H37N3O5S/c1-4-35-34(39)31(23-27-15-7-5-8-16-27)36(24-28-17-13-14-26(2)22-28)33(38)25-37(30-20-11-12-21-32(30)42-3)43(40,41)29-18-9-6-10-19-29/h5-22,31H,4,23-25H2,1-3H3,(H,35,39)/t31-/m1/s1. The van der Waals surface area contributed by atoms with Crippen LogP contribution in [0.4, 0.5) is 5.69 Å². The van der Waals surface area contributed by atoms with Crippen molar-refractivity contribution in [2.24, 2.45) is 0 Å². The third-order valence-electron chi connectivity index (χ3n) is 7.02. The van der Waals surface area contributed by atoms with Crippen LogP contribution in [0, 0.1) is 6.92 Å². The predicted octanol–water partition coefficient (Wildman–Crippen LogP) is 4.98. The number of nitrogens with one attached hydrogen (secondary N) is 1. The Morgan fingerprint density at radius 3 is 2.12 bits per heavy atom. The Bertz CT molecular complexity index is 1630. The second kappa shape index (κ2) is 14.5. The minimum atomic E-state index is -4.20. The fraction of sp³-hybridized carbons (Fsp3) is 0.235. The zero-order chi connectivity index (χ0) is 30.8. The Morgan fingerprint density at radius 2 is 1.47 bits per heavy atom. The molecule has 0 radical (unpaired) electrons. The molecule has 4 aromatic rings. The summed E-state index contributed by atoms with van der Waals surface area (Å²) >= 11 is 0. The Labute approximate surface area is 254 Å². The molecule has 0 unspecified atom stereocenters. The molecule has 0 saturated carbocycles. The second-order valence-electron chi connectivity index (χ2n) is 10.1. The highest BCUT2D eigenvalue weighted by Gasteiger charge is 2.35. The molecular weight excluding hydrogens is 562 g/mol. The summed E-state index contributed by atoms with van der Waals surface area (Å²) in [7, 11) is -2.76. The summed E-state index contributed by atoms with van der Waals surface area (Å²) in [6.07, 6.45) is 0.254. The third kappa shape index (κ3) is 7.81. The lowest BCUT2D eigenvalue weighted by Crippen LogP contribution is -2.53. The maximum absolute atomic E-state index is 14.4. The number of aryl methyl sites for hydroxylation is 1. The lowest BCUT2D eigenvalue weighted by Gasteiger charge is -2.34. The van der Waals surface area contributed by atoms with Crippen LogP contribution in [0.1, 0.15) is 23.6 Å². The molecule has 0 bridgehead atoms. The average Bonchev–Trinajstić information content (AvgIpc) is 3.02. The number of ether oxygens (including phenoxy) is 1. The van der Waals surface area contributed by atoms with Gasteiger partial charge in [0.15, 0.2) is 0 Å². The summed E-state index contributed by atoms with van der Waals surface area (Å²) in [5.41, 5.74) is 2.92. The van der Waals surface area contributed by atoms with Crippen molar-refractivity contribution in [3.05, 3.63) is 126 Å². The van der Waals surface area contributed by atoms with Crippen LogP contribution in [0.15, 0.2) is 114 Å². The van der Waals surface area contributed by atoms with Crippen LogP contribution < -0.4 is 14.4 Å². The molecule has 43 heavy (non-hydrogen) atoms. The molecule has 0 aliphatic rings. The van der Waals surface area contributed by atoms with E-state index in [2.05, 4.69) is 5.32 Å². The van der Waals surface area contributed by atoms with Gasteiger partial charge in [-0.05, 0) is 49.2 Å². The number of methoxy groups -OCH3 is 1. The van der Waals surface area contributed by atoms with E-state index < -0.39 is 28.5 Å². The quantitative estimate of drug-likeness (QED) is 0.234. The van der Waals surface area contributed by atoms with Gasteiger partial charge in [-0.25, -0.2) is 8.42 Å². The molecule has 224 valence electrons. The Morgan fingerprint density at radius 1 is 0.837 bits per heavy atom. The van der Waals surface area contributed by atoms with Crippen molar-refractivity contribution in [2.75, 3.05) is 24.5 Å². The molecule has 0 heterocycles. The zero-order valence-corrected chi connectivity index (χ0v) is 25.5. The van der Waals surface area contributed by atoms with E-state index in [4.69, 9.17) is 4.74 Å². The van der Waals surface area contributed by atoms with Gasteiger partial charge in [0.2, 0.25) is 11.8 Å². The average molecular weight is 600 g/mol. The van der Waals surface area contributed by atoms with Crippen LogP contribution in [0.25, 0.3) is 0 Å². The van der Waals surface area contributed by atoms with Gasteiger partial charge in [-0.15, -0.1) is 0 Å². The minimum absolute atomic E-state index is 0.0310. The summed E-state index contributed by atoms with van der Waals surface area (Å²) in [5.74, 6) is -0.550. The number of para-hydroxylation sites is 2. The van der Waals surface area contributed by atoms with Crippen molar-refractivity contribution in [1.82, 2.24) is 10.2 Å². The van der Waals surface area contributed by atoms with Crippen molar-refractivity contribution in [3.63, 3.8) is 0 Å². The predicted molar refractivity (Wildman–Crippen MR) is 168 cm³/mol. The largest absolute Gasteiger partial charge is 0.495 e. The van der Waals surface area contributed by atoms with E-state index in [1.165, 1.54) is 24.1 Å². The fourth-order valence-corrected chi connectivity index (χ4v) is 6.37. The van der Waals surface area contributed by atoms with E-state index in [0.29, 0.717) is 12.3 Å². The first-order chi connectivity index (χ1) is 20.7. The normalized spacial score (nSPS) is 11.8. The van der Waals surface area contributed by atoms with E-state index in [1.807, 2.05) is 68.4 Å². The van der Waals surface area contributed by atoms with Crippen molar-refractivity contribution in [1.29, 1.82) is 0 Å². The lowest BCUT2D eigenvalue weighted by atomic mass is 10.0. The van der Waals surface area contributed by atoms with Crippen molar-refractivity contribution in [3.8, 4) is 5.75 Å². The van der Waals surface area contributed by atoms with Gasteiger partial charge in [0, 0.05) is 19.5 Å². The molecule has 9 heteroatoms. The first-order valence-electron chi connectivity index (χ1n) is 14.1. The molecule has 0 saturated heterocycles. The fourth-order valence-electron chi connectivity index (χ4n) is 4.92. The number of sulfonamides is 1. The molecule has 0 spiro atoms.